The minimum absolute atomic E-state index is 0.131. The molecule has 2 N–H and O–H groups in total. The monoisotopic (exact) mass is 408 g/mol. The number of methoxy groups -OCH3 is 1. The van der Waals surface area contributed by atoms with Gasteiger partial charge in [-0.15, -0.1) is 0 Å². The maximum atomic E-state index is 12.6. The first kappa shape index (κ1) is 20.4. The van der Waals surface area contributed by atoms with E-state index in [1.54, 1.807) is 42.5 Å². The molecule has 0 aliphatic rings. The van der Waals surface area contributed by atoms with Crippen LogP contribution in [-0.4, -0.2) is 18.9 Å². The van der Waals surface area contributed by atoms with E-state index in [2.05, 4.69) is 10.6 Å². The smallest absolute Gasteiger partial charge is 0.255 e. The lowest BCUT2D eigenvalue weighted by molar-refractivity contribution is -0.117. The second kappa shape index (κ2) is 9.26. The van der Waals surface area contributed by atoms with Gasteiger partial charge in [-0.1, -0.05) is 48.0 Å². The molecule has 2 amide bonds. The highest BCUT2D eigenvalue weighted by Gasteiger charge is 2.16. The van der Waals surface area contributed by atoms with Crippen molar-refractivity contribution in [3.05, 3.63) is 88.9 Å². The van der Waals surface area contributed by atoms with Crippen LogP contribution in [0, 0.1) is 0 Å². The van der Waals surface area contributed by atoms with Gasteiger partial charge in [-0.2, -0.15) is 0 Å². The van der Waals surface area contributed by atoms with Gasteiger partial charge in [0.05, 0.1) is 18.7 Å². The number of nitrogens with one attached hydrogen (secondary N) is 2. The Morgan fingerprint density at radius 3 is 2.38 bits per heavy atom. The minimum Gasteiger partial charge on any atom is -0.494 e. The molecule has 5 nitrogen and oxygen atoms in total. The number of carbonyl (C=O) groups excluding carboxylic acids is 2. The van der Waals surface area contributed by atoms with Gasteiger partial charge < -0.3 is 15.4 Å². The Hall–Kier alpha value is -3.31. The summed E-state index contributed by atoms with van der Waals surface area (Å²) in [6, 6.07) is 21.3. The molecule has 148 valence electrons. The molecule has 6 heteroatoms. The molecule has 3 rings (SSSR count). The average Bonchev–Trinajstić information content (AvgIpc) is 2.74. The lowest BCUT2D eigenvalue weighted by Gasteiger charge is -2.15. The SMILES string of the molecule is COc1cc(NC(=O)C(C)c2ccccc2)ccc1NC(=O)c1cccc(Cl)c1. The number of rotatable bonds is 6. The minimum atomic E-state index is -0.305. The van der Waals surface area contributed by atoms with Gasteiger partial charge in [0.2, 0.25) is 5.91 Å². The number of halogens is 1. The van der Waals surface area contributed by atoms with Gasteiger partial charge >= 0.3 is 0 Å². The van der Waals surface area contributed by atoms with Crippen LogP contribution in [0.5, 0.6) is 5.75 Å². The van der Waals surface area contributed by atoms with Crippen molar-refractivity contribution < 1.29 is 14.3 Å². The summed E-state index contributed by atoms with van der Waals surface area (Å²) in [5.74, 6) is -0.302. The summed E-state index contributed by atoms with van der Waals surface area (Å²) in [6.07, 6.45) is 0. The number of hydrogen-bond donors (Lipinski definition) is 2. The Morgan fingerprint density at radius 1 is 0.931 bits per heavy atom. The third-order valence-corrected chi connectivity index (χ3v) is 4.73. The summed E-state index contributed by atoms with van der Waals surface area (Å²) in [6.45, 7) is 1.85. The zero-order chi connectivity index (χ0) is 20.8. The van der Waals surface area contributed by atoms with Crippen molar-refractivity contribution in [3.63, 3.8) is 0 Å². The molecule has 0 aliphatic carbocycles. The van der Waals surface area contributed by atoms with Crippen molar-refractivity contribution >= 4 is 34.8 Å². The van der Waals surface area contributed by atoms with Crippen LogP contribution in [0.3, 0.4) is 0 Å². The summed E-state index contributed by atoms with van der Waals surface area (Å²) in [7, 11) is 1.50. The summed E-state index contributed by atoms with van der Waals surface area (Å²) in [5.41, 5.74) is 2.44. The van der Waals surface area contributed by atoms with E-state index in [1.165, 1.54) is 7.11 Å². The van der Waals surface area contributed by atoms with Crippen LogP contribution in [0.2, 0.25) is 5.02 Å². The van der Waals surface area contributed by atoms with Crippen LogP contribution in [0.1, 0.15) is 28.8 Å². The number of amides is 2. The third kappa shape index (κ3) is 5.15. The van der Waals surface area contributed by atoms with Gasteiger partial charge in [0.15, 0.2) is 0 Å². The van der Waals surface area contributed by atoms with Crippen LogP contribution in [0.15, 0.2) is 72.8 Å². The normalized spacial score (nSPS) is 11.4. The van der Waals surface area contributed by atoms with Crippen molar-refractivity contribution in [2.24, 2.45) is 0 Å². The van der Waals surface area contributed by atoms with Crippen LogP contribution in [0.4, 0.5) is 11.4 Å². The number of carbonyl (C=O) groups is 2. The summed E-state index contributed by atoms with van der Waals surface area (Å²) >= 11 is 5.94. The van der Waals surface area contributed by atoms with E-state index in [1.807, 2.05) is 37.3 Å². The van der Waals surface area contributed by atoms with Gasteiger partial charge in [0.1, 0.15) is 5.75 Å². The highest BCUT2D eigenvalue weighted by atomic mass is 35.5. The predicted octanol–water partition coefficient (Wildman–Crippen LogP) is 5.34. The molecule has 1 atom stereocenters. The van der Waals surface area contributed by atoms with Crippen molar-refractivity contribution in [1.82, 2.24) is 0 Å². The number of hydrogen-bond acceptors (Lipinski definition) is 3. The van der Waals surface area contributed by atoms with E-state index in [0.717, 1.165) is 5.56 Å². The number of benzene rings is 3. The predicted molar refractivity (Wildman–Crippen MR) is 116 cm³/mol. The van der Waals surface area contributed by atoms with Crippen molar-refractivity contribution in [1.29, 1.82) is 0 Å². The van der Waals surface area contributed by atoms with E-state index in [0.29, 0.717) is 27.7 Å². The molecular formula is C23H21ClN2O3. The lowest BCUT2D eigenvalue weighted by atomic mass is 10.0. The van der Waals surface area contributed by atoms with Gasteiger partial charge in [-0.05, 0) is 42.8 Å². The second-order valence-electron chi connectivity index (χ2n) is 6.50. The topological polar surface area (TPSA) is 67.4 Å². The van der Waals surface area contributed by atoms with Crippen molar-refractivity contribution in [3.8, 4) is 5.75 Å². The van der Waals surface area contributed by atoms with Gasteiger partial charge in [0.25, 0.3) is 5.91 Å². The molecule has 3 aromatic rings. The van der Waals surface area contributed by atoms with Crippen LogP contribution in [-0.2, 0) is 4.79 Å². The molecular weight excluding hydrogens is 388 g/mol. The first-order chi connectivity index (χ1) is 14.0. The van der Waals surface area contributed by atoms with Gasteiger partial charge in [-0.3, -0.25) is 9.59 Å². The summed E-state index contributed by atoms with van der Waals surface area (Å²) in [5, 5.41) is 6.17. The highest BCUT2D eigenvalue weighted by molar-refractivity contribution is 6.31. The fourth-order valence-electron chi connectivity index (χ4n) is 2.84. The molecule has 0 bridgehead atoms. The molecule has 1 unspecified atom stereocenters. The van der Waals surface area contributed by atoms with E-state index >= 15 is 0 Å². The first-order valence-electron chi connectivity index (χ1n) is 9.08. The van der Waals surface area contributed by atoms with Gasteiger partial charge in [0, 0.05) is 22.3 Å². The Balaban J connectivity index is 1.73. The molecule has 0 radical (unpaired) electrons. The van der Waals surface area contributed by atoms with E-state index in [9.17, 15) is 9.59 Å². The molecule has 3 aromatic carbocycles. The zero-order valence-electron chi connectivity index (χ0n) is 16.1. The quantitative estimate of drug-likeness (QED) is 0.578. The Bertz CT molecular complexity index is 1020. The van der Waals surface area contributed by atoms with E-state index in [4.69, 9.17) is 16.3 Å². The first-order valence-corrected chi connectivity index (χ1v) is 9.46. The number of ether oxygens (including phenoxy) is 1. The maximum absolute atomic E-state index is 12.6. The van der Waals surface area contributed by atoms with Crippen LogP contribution >= 0.6 is 11.6 Å². The van der Waals surface area contributed by atoms with E-state index < -0.39 is 0 Å². The van der Waals surface area contributed by atoms with Crippen molar-refractivity contribution in [2.45, 2.75) is 12.8 Å². The Morgan fingerprint density at radius 2 is 1.69 bits per heavy atom. The third-order valence-electron chi connectivity index (χ3n) is 4.50. The van der Waals surface area contributed by atoms with Gasteiger partial charge in [-0.25, -0.2) is 0 Å². The summed E-state index contributed by atoms with van der Waals surface area (Å²) < 4.78 is 5.38. The zero-order valence-corrected chi connectivity index (χ0v) is 16.9. The fourth-order valence-corrected chi connectivity index (χ4v) is 3.03. The molecule has 0 spiro atoms. The largest absolute Gasteiger partial charge is 0.494 e. The molecule has 29 heavy (non-hydrogen) atoms. The lowest BCUT2D eigenvalue weighted by Crippen LogP contribution is -2.19. The molecule has 0 saturated carbocycles. The molecule has 0 heterocycles. The summed E-state index contributed by atoms with van der Waals surface area (Å²) in [4.78, 5) is 25.0. The Labute approximate surface area is 174 Å². The molecule has 0 saturated heterocycles. The van der Waals surface area contributed by atoms with Crippen molar-refractivity contribution in [2.75, 3.05) is 17.7 Å². The second-order valence-corrected chi connectivity index (χ2v) is 6.94. The number of anilines is 2. The standard InChI is InChI=1S/C23H21ClN2O3/c1-15(16-7-4-3-5-8-16)22(27)25-19-11-12-20(21(14-19)29-2)26-23(28)17-9-6-10-18(24)13-17/h3-15H,1-2H3,(H,25,27)(H,26,28). The molecule has 0 aliphatic heterocycles. The average molecular weight is 409 g/mol. The van der Waals surface area contributed by atoms with E-state index in [-0.39, 0.29) is 17.7 Å². The maximum Gasteiger partial charge on any atom is 0.255 e. The Kier molecular flexibility index (Phi) is 6.52. The molecule has 0 fully saturated rings. The molecule has 0 aromatic heterocycles. The fraction of sp³-hybridized carbons (Fsp3) is 0.130. The van der Waals surface area contributed by atoms with Crippen LogP contribution in [0.25, 0.3) is 0 Å². The van der Waals surface area contributed by atoms with Crippen LogP contribution < -0.4 is 15.4 Å². The highest BCUT2D eigenvalue weighted by Crippen LogP contribution is 2.29.